The molecule has 0 bridgehead atoms. The van der Waals surface area contributed by atoms with E-state index in [9.17, 15) is 0 Å². The molecule has 0 saturated carbocycles. The molecule has 0 amide bonds. The van der Waals surface area contributed by atoms with Crippen LogP contribution in [-0.4, -0.2) is 15.0 Å². The Balaban J connectivity index is 1.01. The van der Waals surface area contributed by atoms with Gasteiger partial charge in [0.15, 0.2) is 0 Å². The number of para-hydroxylation sites is 2. The van der Waals surface area contributed by atoms with Crippen molar-refractivity contribution in [1.29, 1.82) is 0 Å². The molecular formula is C55H39N6-. The van der Waals surface area contributed by atoms with Crippen molar-refractivity contribution in [1.82, 2.24) is 14.5 Å². The molecule has 6 nitrogen and oxygen atoms in total. The van der Waals surface area contributed by atoms with Crippen LogP contribution in [0, 0.1) is 0 Å². The third kappa shape index (κ3) is 5.72. The molecule has 0 aliphatic carbocycles. The Hall–Kier alpha value is -7.93. The van der Waals surface area contributed by atoms with E-state index in [1.54, 1.807) is 0 Å². The summed E-state index contributed by atoms with van der Waals surface area (Å²) in [5, 5.41) is 16.0. The van der Waals surface area contributed by atoms with Gasteiger partial charge in [-0.25, -0.2) is 0 Å². The molecule has 0 spiro atoms. The lowest BCUT2D eigenvalue weighted by molar-refractivity contribution is 0.631. The van der Waals surface area contributed by atoms with Crippen molar-refractivity contribution < 1.29 is 0 Å². The van der Waals surface area contributed by atoms with Gasteiger partial charge in [-0.1, -0.05) is 164 Å². The summed E-state index contributed by atoms with van der Waals surface area (Å²) in [5.41, 5.74) is 19.9. The minimum absolute atomic E-state index is 0.312. The fraction of sp³-hybridized carbons (Fsp3) is 0.0364. The van der Waals surface area contributed by atoms with Crippen LogP contribution in [0.1, 0.15) is 29.0 Å². The summed E-state index contributed by atoms with van der Waals surface area (Å²) < 4.78 is 4.79. The van der Waals surface area contributed by atoms with Gasteiger partial charge in [-0.3, -0.25) is 4.99 Å². The number of aromatic nitrogens is 2. The van der Waals surface area contributed by atoms with Gasteiger partial charge in [0, 0.05) is 32.5 Å². The van der Waals surface area contributed by atoms with Crippen molar-refractivity contribution in [2.45, 2.75) is 12.3 Å². The first kappa shape index (κ1) is 35.1. The van der Waals surface area contributed by atoms with Crippen molar-refractivity contribution in [2.75, 3.05) is 5.73 Å². The number of nitrogens with one attached hydrogen (secondary N) is 1. The number of rotatable bonds is 6. The van der Waals surface area contributed by atoms with E-state index in [1.807, 2.05) is 24.3 Å². The highest BCUT2D eigenvalue weighted by atomic mass is 15.3. The van der Waals surface area contributed by atoms with Crippen LogP contribution >= 0.6 is 0 Å². The van der Waals surface area contributed by atoms with E-state index in [-0.39, 0.29) is 12.3 Å². The standard InChI is InChI=1S/C55H39N6/c56-45-34-40(55-58-53(38-17-5-2-6-18-38)57-54(59-55)39-28-26-36(27-29-39)35-14-3-1-4-15-35)30-32-49(45)61-47-23-11-9-21-42(47)43-31-33-50-51(52(43)61)44-22-10-12-24-48(44)60(50)46-25-13-19-37-16-7-8-20-41(37)46/h1-34,53-54H,56H2,(H,58,59)/q-1. The lowest BCUT2D eigenvalue weighted by Gasteiger charge is -2.44. The van der Waals surface area contributed by atoms with Crippen LogP contribution in [0.15, 0.2) is 211 Å². The lowest BCUT2D eigenvalue weighted by Crippen LogP contribution is -2.34. The van der Waals surface area contributed by atoms with Gasteiger partial charge in [0.05, 0.1) is 39.1 Å². The number of nitrogen functional groups attached to an aromatic ring is 1. The van der Waals surface area contributed by atoms with Crippen LogP contribution in [0.3, 0.4) is 0 Å². The minimum Gasteiger partial charge on any atom is -0.613 e. The molecule has 2 unspecified atom stereocenters. The topological polar surface area (TPSA) is 74.4 Å². The molecule has 11 aromatic rings. The predicted octanol–water partition coefficient (Wildman–Crippen LogP) is 13.4. The third-order valence-corrected chi connectivity index (χ3v) is 12.3. The first-order valence-corrected chi connectivity index (χ1v) is 20.8. The summed E-state index contributed by atoms with van der Waals surface area (Å²) in [6.45, 7) is 0. The molecule has 3 N–H and O–H groups in total. The van der Waals surface area contributed by atoms with E-state index in [4.69, 9.17) is 16.0 Å². The summed E-state index contributed by atoms with van der Waals surface area (Å²) in [7, 11) is 0. The number of hydrogen-bond acceptors (Lipinski definition) is 3. The number of amidine groups is 1. The zero-order valence-corrected chi connectivity index (χ0v) is 33.2. The first-order chi connectivity index (χ1) is 30.2. The highest BCUT2D eigenvalue weighted by Crippen LogP contribution is 2.44. The van der Waals surface area contributed by atoms with Crippen molar-refractivity contribution in [3.63, 3.8) is 0 Å². The van der Waals surface area contributed by atoms with E-state index in [0.29, 0.717) is 5.69 Å². The second-order valence-electron chi connectivity index (χ2n) is 15.8. The molecule has 61 heavy (non-hydrogen) atoms. The predicted molar refractivity (Wildman–Crippen MR) is 254 cm³/mol. The summed E-state index contributed by atoms with van der Waals surface area (Å²) in [6.07, 6.45) is -0.699. The van der Waals surface area contributed by atoms with Gasteiger partial charge in [0.25, 0.3) is 0 Å². The molecule has 2 atom stereocenters. The fourth-order valence-electron chi connectivity index (χ4n) is 9.43. The summed E-state index contributed by atoms with van der Waals surface area (Å²) in [5.74, 6) is 0.752. The number of nitrogens with zero attached hydrogens (tertiary/aromatic N) is 4. The highest BCUT2D eigenvalue weighted by molar-refractivity contribution is 6.26. The molecule has 12 rings (SSSR count). The zero-order valence-electron chi connectivity index (χ0n) is 33.2. The van der Waals surface area contributed by atoms with Crippen LogP contribution < -0.4 is 11.1 Å². The summed E-state index contributed by atoms with van der Waals surface area (Å²) in [4.78, 5) is 5.20. The second kappa shape index (κ2) is 14.1. The van der Waals surface area contributed by atoms with Gasteiger partial charge in [-0.15, -0.1) is 0 Å². The van der Waals surface area contributed by atoms with Crippen molar-refractivity contribution >= 4 is 65.9 Å². The lowest BCUT2D eigenvalue weighted by atomic mass is 10.0. The van der Waals surface area contributed by atoms with Crippen LogP contribution in [0.2, 0.25) is 0 Å². The Bertz CT molecular complexity index is 3490. The Morgan fingerprint density at radius 2 is 1.10 bits per heavy atom. The van der Waals surface area contributed by atoms with E-state index >= 15 is 0 Å². The molecule has 1 aliphatic heterocycles. The summed E-state index contributed by atoms with van der Waals surface area (Å²) >= 11 is 0. The number of nitrogens with two attached hydrogens (primary N) is 1. The normalized spacial score (nSPS) is 15.4. The number of fused-ring (bicyclic) bond motifs is 8. The Labute approximate surface area is 352 Å². The number of anilines is 1. The molecule has 2 aromatic heterocycles. The maximum absolute atomic E-state index is 7.25. The average Bonchev–Trinajstić information content (AvgIpc) is 3.84. The van der Waals surface area contributed by atoms with E-state index < -0.39 is 0 Å². The first-order valence-electron chi connectivity index (χ1n) is 20.8. The van der Waals surface area contributed by atoms with E-state index in [2.05, 4.69) is 196 Å². The number of aliphatic imine (C=N–C) groups is 1. The van der Waals surface area contributed by atoms with Crippen LogP contribution in [-0.2, 0) is 0 Å². The molecule has 6 heteroatoms. The third-order valence-electron chi connectivity index (χ3n) is 12.3. The maximum Gasteiger partial charge on any atom is 0.126 e. The van der Waals surface area contributed by atoms with Gasteiger partial charge in [0.2, 0.25) is 0 Å². The molecule has 290 valence electrons. The van der Waals surface area contributed by atoms with Gasteiger partial charge in [-0.2, -0.15) is 0 Å². The average molecular weight is 784 g/mol. The summed E-state index contributed by atoms with van der Waals surface area (Å²) in [6, 6.07) is 72.9. The molecule has 0 fully saturated rings. The SMILES string of the molecule is Nc1cc(C2=NC(c3ccccc3)[N-]C(c3ccc(-c4ccccc4)cc3)N2)ccc1-n1c2ccccc2c2ccc3c(c4ccccc4n3-c3cccc4ccccc34)c21. The van der Waals surface area contributed by atoms with E-state index in [0.717, 1.165) is 61.5 Å². The van der Waals surface area contributed by atoms with Gasteiger partial charge in [0.1, 0.15) is 5.84 Å². The number of benzene rings is 9. The Morgan fingerprint density at radius 1 is 0.459 bits per heavy atom. The zero-order chi connectivity index (χ0) is 40.4. The van der Waals surface area contributed by atoms with E-state index in [1.165, 1.54) is 37.9 Å². The smallest absolute Gasteiger partial charge is 0.126 e. The number of hydrogen-bond donors (Lipinski definition) is 2. The van der Waals surface area contributed by atoms with Crippen LogP contribution in [0.25, 0.3) is 82.2 Å². The van der Waals surface area contributed by atoms with Crippen LogP contribution in [0.5, 0.6) is 0 Å². The van der Waals surface area contributed by atoms with Gasteiger partial charge in [-0.05, 0) is 82.4 Å². The molecule has 9 aromatic carbocycles. The van der Waals surface area contributed by atoms with Crippen molar-refractivity contribution in [3.8, 4) is 22.5 Å². The minimum atomic E-state index is -0.387. The fourth-order valence-corrected chi connectivity index (χ4v) is 9.43. The second-order valence-corrected chi connectivity index (χ2v) is 15.8. The van der Waals surface area contributed by atoms with Gasteiger partial charge >= 0.3 is 0 Å². The van der Waals surface area contributed by atoms with Crippen molar-refractivity contribution in [2.24, 2.45) is 4.99 Å². The Morgan fingerprint density at radius 3 is 1.89 bits per heavy atom. The molecule has 3 heterocycles. The monoisotopic (exact) mass is 783 g/mol. The maximum atomic E-state index is 7.25. The van der Waals surface area contributed by atoms with Crippen LogP contribution in [0.4, 0.5) is 5.69 Å². The van der Waals surface area contributed by atoms with Crippen molar-refractivity contribution in [3.05, 3.63) is 228 Å². The highest BCUT2D eigenvalue weighted by Gasteiger charge is 2.23. The van der Waals surface area contributed by atoms with Gasteiger partial charge < -0.3 is 25.5 Å². The quantitative estimate of drug-likeness (QED) is 0.165. The Kier molecular flexibility index (Phi) is 8.11. The molecule has 0 saturated heterocycles. The molecule has 1 aliphatic rings. The molecular weight excluding hydrogens is 745 g/mol. The molecule has 0 radical (unpaired) electrons. The largest absolute Gasteiger partial charge is 0.613 e.